The highest BCUT2D eigenvalue weighted by Crippen LogP contribution is 2.20. The molecule has 0 fully saturated rings. The van der Waals surface area contributed by atoms with Crippen molar-refractivity contribution in [2.75, 3.05) is 20.6 Å². The lowest BCUT2D eigenvalue weighted by atomic mass is 10.2. The standard InChI is InChI=1S/C14H27N3S/c1-6-7-12-13(10-15-11(2)3)18-14(16-12)8-9-17(4)5/h11,15H,6-10H2,1-5H3. The molecular weight excluding hydrogens is 242 g/mol. The Morgan fingerprint density at radius 1 is 1.28 bits per heavy atom. The van der Waals surface area contributed by atoms with Crippen molar-refractivity contribution in [3.05, 3.63) is 15.6 Å². The van der Waals surface area contributed by atoms with Crippen molar-refractivity contribution in [1.29, 1.82) is 0 Å². The highest BCUT2D eigenvalue weighted by atomic mass is 32.1. The molecule has 3 nitrogen and oxygen atoms in total. The van der Waals surface area contributed by atoms with Gasteiger partial charge in [0.05, 0.1) is 10.7 Å². The summed E-state index contributed by atoms with van der Waals surface area (Å²) in [5, 5.41) is 4.78. The Kier molecular flexibility index (Phi) is 6.82. The summed E-state index contributed by atoms with van der Waals surface area (Å²) in [7, 11) is 4.23. The van der Waals surface area contributed by atoms with E-state index in [4.69, 9.17) is 4.98 Å². The van der Waals surface area contributed by atoms with E-state index in [0.29, 0.717) is 6.04 Å². The molecule has 1 N–H and O–H groups in total. The lowest BCUT2D eigenvalue weighted by Gasteiger charge is -2.07. The second kappa shape index (κ2) is 7.87. The maximum Gasteiger partial charge on any atom is 0.0944 e. The van der Waals surface area contributed by atoms with Gasteiger partial charge in [0.15, 0.2) is 0 Å². The summed E-state index contributed by atoms with van der Waals surface area (Å²) in [6.45, 7) is 8.64. The molecule has 1 heterocycles. The largest absolute Gasteiger partial charge is 0.310 e. The van der Waals surface area contributed by atoms with E-state index in [0.717, 1.165) is 25.9 Å². The van der Waals surface area contributed by atoms with Crippen LogP contribution in [0.1, 0.15) is 42.8 Å². The average Bonchev–Trinajstić information content (AvgIpc) is 2.67. The molecule has 1 aromatic rings. The Hall–Kier alpha value is -0.450. The SMILES string of the molecule is CCCc1nc(CCN(C)C)sc1CNC(C)C. The number of aryl methyl sites for hydroxylation is 1. The van der Waals surface area contributed by atoms with Gasteiger partial charge in [-0.2, -0.15) is 0 Å². The molecule has 0 aliphatic rings. The van der Waals surface area contributed by atoms with Crippen molar-refractivity contribution < 1.29 is 0 Å². The predicted octanol–water partition coefficient (Wildman–Crippen LogP) is 2.70. The zero-order valence-electron chi connectivity index (χ0n) is 12.4. The molecule has 4 heteroatoms. The van der Waals surface area contributed by atoms with Crippen LogP contribution in [0.5, 0.6) is 0 Å². The van der Waals surface area contributed by atoms with Gasteiger partial charge in [0.1, 0.15) is 0 Å². The fourth-order valence-electron chi connectivity index (χ4n) is 1.73. The van der Waals surface area contributed by atoms with E-state index in [9.17, 15) is 0 Å². The Balaban J connectivity index is 2.66. The molecule has 0 aromatic carbocycles. The molecule has 0 unspecified atom stereocenters. The highest BCUT2D eigenvalue weighted by Gasteiger charge is 2.10. The third-order valence-corrected chi connectivity index (χ3v) is 3.91. The number of likely N-dealkylation sites (N-methyl/N-ethyl adjacent to an activating group) is 1. The minimum atomic E-state index is 0.534. The molecule has 0 amide bonds. The zero-order chi connectivity index (χ0) is 13.5. The summed E-state index contributed by atoms with van der Waals surface area (Å²) < 4.78 is 0. The molecule has 0 radical (unpaired) electrons. The summed E-state index contributed by atoms with van der Waals surface area (Å²) in [6, 6.07) is 0.534. The molecular formula is C14H27N3S. The van der Waals surface area contributed by atoms with Crippen molar-refractivity contribution in [2.24, 2.45) is 0 Å². The molecule has 0 aliphatic heterocycles. The zero-order valence-corrected chi connectivity index (χ0v) is 13.2. The molecule has 0 saturated heterocycles. The van der Waals surface area contributed by atoms with Gasteiger partial charge in [-0.15, -0.1) is 11.3 Å². The van der Waals surface area contributed by atoms with Gasteiger partial charge in [0.25, 0.3) is 0 Å². The van der Waals surface area contributed by atoms with Gasteiger partial charge in [-0.3, -0.25) is 0 Å². The van der Waals surface area contributed by atoms with Crippen LogP contribution in [0.15, 0.2) is 0 Å². The summed E-state index contributed by atoms with van der Waals surface area (Å²) in [5.74, 6) is 0. The number of nitrogens with one attached hydrogen (secondary N) is 1. The Morgan fingerprint density at radius 3 is 2.56 bits per heavy atom. The first-order valence-corrected chi connectivity index (χ1v) is 7.70. The van der Waals surface area contributed by atoms with Crippen LogP contribution >= 0.6 is 11.3 Å². The lowest BCUT2D eigenvalue weighted by molar-refractivity contribution is 0.413. The summed E-state index contributed by atoms with van der Waals surface area (Å²) in [4.78, 5) is 8.45. The normalized spacial score (nSPS) is 11.7. The Labute approximate surface area is 116 Å². The fraction of sp³-hybridized carbons (Fsp3) is 0.786. The van der Waals surface area contributed by atoms with E-state index in [1.165, 1.54) is 22.0 Å². The third kappa shape index (κ3) is 5.46. The van der Waals surface area contributed by atoms with Crippen LogP contribution in [0.3, 0.4) is 0 Å². The van der Waals surface area contributed by atoms with Crippen LogP contribution in [0, 0.1) is 0 Å². The van der Waals surface area contributed by atoms with Crippen LogP contribution < -0.4 is 5.32 Å². The number of nitrogens with zero attached hydrogens (tertiary/aromatic N) is 2. The van der Waals surface area contributed by atoms with E-state index in [2.05, 4.69) is 45.1 Å². The van der Waals surface area contributed by atoms with Crippen molar-refractivity contribution in [2.45, 2.75) is 52.6 Å². The molecule has 0 bridgehead atoms. The maximum absolute atomic E-state index is 4.80. The predicted molar refractivity (Wildman–Crippen MR) is 80.3 cm³/mol. The van der Waals surface area contributed by atoms with E-state index in [1.54, 1.807) is 0 Å². The third-order valence-electron chi connectivity index (χ3n) is 2.75. The fourth-order valence-corrected chi connectivity index (χ4v) is 2.78. The molecule has 0 spiro atoms. The van der Waals surface area contributed by atoms with E-state index in [-0.39, 0.29) is 0 Å². The van der Waals surface area contributed by atoms with Crippen LogP contribution in [0.4, 0.5) is 0 Å². The summed E-state index contributed by atoms with van der Waals surface area (Å²) in [5.41, 5.74) is 1.31. The number of rotatable bonds is 8. The van der Waals surface area contributed by atoms with Crippen LogP contribution in [0.25, 0.3) is 0 Å². The van der Waals surface area contributed by atoms with E-state index in [1.807, 2.05) is 11.3 Å². The minimum absolute atomic E-state index is 0.534. The van der Waals surface area contributed by atoms with E-state index >= 15 is 0 Å². The lowest BCUT2D eigenvalue weighted by Crippen LogP contribution is -2.21. The monoisotopic (exact) mass is 269 g/mol. The second-order valence-electron chi connectivity index (χ2n) is 5.32. The van der Waals surface area contributed by atoms with Crippen LogP contribution in [-0.4, -0.2) is 36.6 Å². The van der Waals surface area contributed by atoms with Gasteiger partial charge in [-0.05, 0) is 20.5 Å². The molecule has 18 heavy (non-hydrogen) atoms. The maximum atomic E-state index is 4.80. The number of aromatic nitrogens is 1. The van der Waals surface area contributed by atoms with Gasteiger partial charge in [-0.25, -0.2) is 4.98 Å². The first kappa shape index (κ1) is 15.6. The van der Waals surface area contributed by atoms with Gasteiger partial charge in [0.2, 0.25) is 0 Å². The van der Waals surface area contributed by atoms with Crippen molar-refractivity contribution in [3.8, 4) is 0 Å². The molecule has 104 valence electrons. The van der Waals surface area contributed by atoms with Crippen molar-refractivity contribution >= 4 is 11.3 Å². The number of hydrogen-bond acceptors (Lipinski definition) is 4. The Bertz CT molecular complexity index is 345. The van der Waals surface area contributed by atoms with Gasteiger partial charge in [0, 0.05) is 30.4 Å². The Morgan fingerprint density at radius 2 is 2.00 bits per heavy atom. The summed E-state index contributed by atoms with van der Waals surface area (Å²) in [6.07, 6.45) is 3.34. The molecule has 0 atom stereocenters. The average molecular weight is 269 g/mol. The summed E-state index contributed by atoms with van der Waals surface area (Å²) >= 11 is 1.88. The first-order chi connectivity index (χ1) is 8.52. The molecule has 0 aliphatic carbocycles. The number of thiazole rings is 1. The van der Waals surface area contributed by atoms with Crippen molar-refractivity contribution in [3.63, 3.8) is 0 Å². The molecule has 0 saturated carbocycles. The second-order valence-corrected chi connectivity index (χ2v) is 6.48. The number of hydrogen-bond donors (Lipinski definition) is 1. The minimum Gasteiger partial charge on any atom is -0.310 e. The quantitative estimate of drug-likeness (QED) is 0.786. The van der Waals surface area contributed by atoms with E-state index < -0.39 is 0 Å². The van der Waals surface area contributed by atoms with Gasteiger partial charge < -0.3 is 10.2 Å². The first-order valence-electron chi connectivity index (χ1n) is 6.88. The van der Waals surface area contributed by atoms with Gasteiger partial charge in [-0.1, -0.05) is 27.2 Å². The molecule has 1 aromatic heterocycles. The topological polar surface area (TPSA) is 28.2 Å². The smallest absolute Gasteiger partial charge is 0.0944 e. The van der Waals surface area contributed by atoms with Gasteiger partial charge >= 0.3 is 0 Å². The highest BCUT2D eigenvalue weighted by molar-refractivity contribution is 7.11. The van der Waals surface area contributed by atoms with Crippen molar-refractivity contribution in [1.82, 2.24) is 15.2 Å². The van der Waals surface area contributed by atoms with Crippen LogP contribution in [0.2, 0.25) is 0 Å². The van der Waals surface area contributed by atoms with Crippen LogP contribution in [-0.2, 0) is 19.4 Å². The molecule has 1 rings (SSSR count).